The Balaban J connectivity index is 3.16. The van der Waals surface area contributed by atoms with Crippen molar-refractivity contribution in [2.45, 2.75) is 60.6 Å². The third-order valence-corrected chi connectivity index (χ3v) is 3.77. The van der Waals surface area contributed by atoms with Crippen LogP contribution in [-0.2, 0) is 4.74 Å². The average Bonchev–Trinajstić information content (AvgIpc) is 2.28. The van der Waals surface area contributed by atoms with E-state index in [-0.39, 0.29) is 17.6 Å². The number of aryl methyl sites for hydroxylation is 3. The number of rotatable bonds is 4. The summed E-state index contributed by atoms with van der Waals surface area (Å²) in [5.41, 5.74) is 11.6. The molecule has 108 valence electrons. The SMILES string of the molecule is CCOC(C(N)c1cc(C)c(C)cc1C)C(C)(C)C. The fourth-order valence-electron chi connectivity index (χ4n) is 2.58. The van der Waals surface area contributed by atoms with Crippen molar-refractivity contribution in [3.63, 3.8) is 0 Å². The molecule has 2 N–H and O–H groups in total. The maximum absolute atomic E-state index is 6.51. The standard InChI is InChI=1S/C17H29NO/c1-8-19-16(17(5,6)7)15(18)14-10-12(3)11(2)9-13(14)4/h9-10,15-16H,8,18H2,1-7H3. The van der Waals surface area contributed by atoms with E-state index in [9.17, 15) is 0 Å². The summed E-state index contributed by atoms with van der Waals surface area (Å²) in [7, 11) is 0. The van der Waals surface area contributed by atoms with Crippen LogP contribution in [-0.4, -0.2) is 12.7 Å². The molecule has 0 fully saturated rings. The lowest BCUT2D eigenvalue weighted by molar-refractivity contribution is -0.0284. The van der Waals surface area contributed by atoms with Crippen molar-refractivity contribution in [3.05, 3.63) is 34.4 Å². The van der Waals surface area contributed by atoms with Gasteiger partial charge in [-0.1, -0.05) is 32.9 Å². The molecule has 1 aromatic rings. The van der Waals surface area contributed by atoms with E-state index in [1.165, 1.54) is 22.3 Å². The molecule has 0 bridgehead atoms. The summed E-state index contributed by atoms with van der Waals surface area (Å²) in [6, 6.07) is 4.35. The number of nitrogens with two attached hydrogens (primary N) is 1. The van der Waals surface area contributed by atoms with Gasteiger partial charge >= 0.3 is 0 Å². The Labute approximate surface area is 118 Å². The van der Waals surface area contributed by atoms with Crippen molar-refractivity contribution >= 4 is 0 Å². The van der Waals surface area contributed by atoms with Crippen LogP contribution in [0.5, 0.6) is 0 Å². The zero-order chi connectivity index (χ0) is 14.8. The van der Waals surface area contributed by atoms with Gasteiger partial charge in [0.25, 0.3) is 0 Å². The second kappa shape index (κ2) is 6.06. The third kappa shape index (κ3) is 3.80. The highest BCUT2D eigenvalue weighted by Crippen LogP contribution is 2.33. The molecule has 2 unspecified atom stereocenters. The van der Waals surface area contributed by atoms with Crippen LogP contribution in [0.1, 0.15) is 56.0 Å². The summed E-state index contributed by atoms with van der Waals surface area (Å²) in [6.45, 7) is 15.7. The molecule has 0 aromatic heterocycles. The van der Waals surface area contributed by atoms with Gasteiger partial charge in [-0.05, 0) is 55.4 Å². The second-order valence-corrected chi connectivity index (χ2v) is 6.56. The maximum Gasteiger partial charge on any atom is 0.0815 e. The van der Waals surface area contributed by atoms with E-state index in [0.29, 0.717) is 6.61 Å². The third-order valence-electron chi connectivity index (χ3n) is 3.77. The van der Waals surface area contributed by atoms with Gasteiger partial charge in [0.15, 0.2) is 0 Å². The first kappa shape index (κ1) is 16.2. The van der Waals surface area contributed by atoms with E-state index in [4.69, 9.17) is 10.5 Å². The van der Waals surface area contributed by atoms with Crippen LogP contribution in [0, 0.1) is 26.2 Å². The summed E-state index contributed by atoms with van der Waals surface area (Å²) in [5.74, 6) is 0. The van der Waals surface area contributed by atoms with E-state index in [2.05, 4.69) is 53.7 Å². The normalized spacial score (nSPS) is 15.4. The zero-order valence-corrected chi connectivity index (χ0v) is 13.5. The molecule has 2 atom stereocenters. The van der Waals surface area contributed by atoms with Gasteiger partial charge in [-0.25, -0.2) is 0 Å². The maximum atomic E-state index is 6.51. The highest BCUT2D eigenvalue weighted by molar-refractivity contribution is 5.38. The van der Waals surface area contributed by atoms with Crippen LogP contribution < -0.4 is 5.73 Å². The van der Waals surface area contributed by atoms with Crippen molar-refractivity contribution in [1.29, 1.82) is 0 Å². The Morgan fingerprint density at radius 1 is 1.05 bits per heavy atom. The molecular formula is C17H29NO. The lowest BCUT2D eigenvalue weighted by Gasteiger charge is -2.36. The first-order valence-corrected chi connectivity index (χ1v) is 7.13. The van der Waals surface area contributed by atoms with Gasteiger partial charge in [0, 0.05) is 6.61 Å². The van der Waals surface area contributed by atoms with Crippen molar-refractivity contribution in [3.8, 4) is 0 Å². The van der Waals surface area contributed by atoms with Gasteiger partial charge in [-0.15, -0.1) is 0 Å². The molecular weight excluding hydrogens is 234 g/mol. The first-order valence-electron chi connectivity index (χ1n) is 7.13. The van der Waals surface area contributed by atoms with E-state index in [1.807, 2.05) is 6.92 Å². The predicted molar refractivity (Wildman–Crippen MR) is 82.5 cm³/mol. The summed E-state index contributed by atoms with van der Waals surface area (Å²) < 4.78 is 5.92. The molecule has 1 aromatic carbocycles. The zero-order valence-electron chi connectivity index (χ0n) is 13.5. The van der Waals surface area contributed by atoms with Crippen LogP contribution in [0.4, 0.5) is 0 Å². The largest absolute Gasteiger partial charge is 0.376 e. The van der Waals surface area contributed by atoms with Gasteiger partial charge in [-0.2, -0.15) is 0 Å². The molecule has 2 heteroatoms. The van der Waals surface area contributed by atoms with Crippen molar-refractivity contribution in [2.75, 3.05) is 6.61 Å². The van der Waals surface area contributed by atoms with Crippen molar-refractivity contribution in [1.82, 2.24) is 0 Å². The summed E-state index contributed by atoms with van der Waals surface area (Å²) in [5, 5.41) is 0. The van der Waals surface area contributed by atoms with Crippen LogP contribution in [0.25, 0.3) is 0 Å². The molecule has 0 heterocycles. The van der Waals surface area contributed by atoms with Crippen LogP contribution in [0.3, 0.4) is 0 Å². The van der Waals surface area contributed by atoms with Gasteiger partial charge in [0.2, 0.25) is 0 Å². The molecule has 0 saturated carbocycles. The molecule has 0 aliphatic heterocycles. The minimum Gasteiger partial charge on any atom is -0.376 e. The summed E-state index contributed by atoms with van der Waals surface area (Å²) >= 11 is 0. The van der Waals surface area contributed by atoms with Crippen molar-refractivity contribution in [2.24, 2.45) is 11.1 Å². The van der Waals surface area contributed by atoms with E-state index in [1.54, 1.807) is 0 Å². The number of hydrogen-bond donors (Lipinski definition) is 1. The summed E-state index contributed by atoms with van der Waals surface area (Å²) in [6.07, 6.45) is 0.0262. The summed E-state index contributed by atoms with van der Waals surface area (Å²) in [4.78, 5) is 0. The van der Waals surface area contributed by atoms with Crippen LogP contribution >= 0.6 is 0 Å². The highest BCUT2D eigenvalue weighted by atomic mass is 16.5. The fourth-order valence-corrected chi connectivity index (χ4v) is 2.58. The topological polar surface area (TPSA) is 35.2 Å². The lowest BCUT2D eigenvalue weighted by Crippen LogP contribution is -2.39. The smallest absolute Gasteiger partial charge is 0.0815 e. The minimum atomic E-state index is -0.0840. The van der Waals surface area contributed by atoms with Crippen LogP contribution in [0.15, 0.2) is 12.1 Å². The molecule has 1 rings (SSSR count). The number of hydrogen-bond acceptors (Lipinski definition) is 2. The van der Waals surface area contributed by atoms with Gasteiger partial charge in [0.1, 0.15) is 0 Å². The lowest BCUT2D eigenvalue weighted by atomic mass is 9.81. The predicted octanol–water partition coefficient (Wildman–Crippen LogP) is 4.06. The molecule has 0 spiro atoms. The Morgan fingerprint density at radius 3 is 2.05 bits per heavy atom. The van der Waals surface area contributed by atoms with E-state index >= 15 is 0 Å². The second-order valence-electron chi connectivity index (χ2n) is 6.56. The van der Waals surface area contributed by atoms with E-state index in [0.717, 1.165) is 0 Å². The Morgan fingerprint density at radius 2 is 1.58 bits per heavy atom. The molecule has 0 aliphatic carbocycles. The van der Waals surface area contributed by atoms with Gasteiger partial charge < -0.3 is 10.5 Å². The Hall–Kier alpha value is -0.860. The van der Waals surface area contributed by atoms with Gasteiger partial charge in [0.05, 0.1) is 12.1 Å². The molecule has 0 radical (unpaired) electrons. The van der Waals surface area contributed by atoms with Crippen molar-refractivity contribution < 1.29 is 4.74 Å². The quantitative estimate of drug-likeness (QED) is 0.889. The average molecular weight is 263 g/mol. The van der Waals surface area contributed by atoms with Crippen LogP contribution in [0.2, 0.25) is 0 Å². The van der Waals surface area contributed by atoms with E-state index < -0.39 is 0 Å². The minimum absolute atomic E-state index is 0.0262. The molecule has 0 saturated heterocycles. The monoisotopic (exact) mass is 263 g/mol. The number of ether oxygens (including phenoxy) is 1. The molecule has 2 nitrogen and oxygen atoms in total. The molecule has 0 aliphatic rings. The Kier molecular flexibility index (Phi) is 5.17. The number of benzene rings is 1. The fraction of sp³-hybridized carbons (Fsp3) is 0.647. The molecule has 19 heavy (non-hydrogen) atoms. The first-order chi connectivity index (χ1) is 8.68. The van der Waals surface area contributed by atoms with Gasteiger partial charge in [-0.3, -0.25) is 0 Å². The molecule has 0 amide bonds. The highest BCUT2D eigenvalue weighted by Gasteiger charge is 2.32. The Bertz CT molecular complexity index is 432.